The van der Waals surface area contributed by atoms with E-state index in [1.807, 2.05) is 0 Å². The largest absolute Gasteiger partial charge is 0.477 e. The van der Waals surface area contributed by atoms with E-state index >= 15 is 0 Å². The number of carbonyl (C=O) groups is 1. The molecule has 0 amide bonds. The van der Waals surface area contributed by atoms with Crippen LogP contribution >= 0.6 is 0 Å². The summed E-state index contributed by atoms with van der Waals surface area (Å²) < 4.78 is 1.19. The lowest BCUT2D eigenvalue weighted by molar-refractivity contribution is -0.384. The van der Waals surface area contributed by atoms with Gasteiger partial charge in [0, 0.05) is 18.3 Å². The lowest BCUT2D eigenvalue weighted by atomic mass is 10.3. The molecule has 92 valence electrons. The number of nitrogens with one attached hydrogen (secondary N) is 1. The maximum Gasteiger partial charge on any atom is 0.342 e. The molecule has 1 heterocycles. The standard InChI is InChI=1S/C10H7N3O5/c14-9-8(10(15)16)5-12(11-9)6-1-3-7(4-2-6)13(17)18/h1-5H,(H,11,14)(H,15,16). The van der Waals surface area contributed by atoms with Gasteiger partial charge in [0.2, 0.25) is 0 Å². The van der Waals surface area contributed by atoms with Gasteiger partial charge in [0.05, 0.1) is 10.6 Å². The first-order valence-electron chi connectivity index (χ1n) is 4.79. The highest BCUT2D eigenvalue weighted by atomic mass is 16.6. The number of aromatic amines is 1. The molecule has 0 unspecified atom stereocenters. The molecule has 0 fully saturated rings. The Morgan fingerprint density at radius 3 is 2.39 bits per heavy atom. The Kier molecular flexibility index (Phi) is 2.68. The van der Waals surface area contributed by atoms with E-state index in [4.69, 9.17) is 5.11 Å². The molecule has 0 radical (unpaired) electrons. The molecule has 1 aromatic carbocycles. The zero-order chi connectivity index (χ0) is 13.3. The van der Waals surface area contributed by atoms with Crippen LogP contribution < -0.4 is 5.56 Å². The van der Waals surface area contributed by atoms with Gasteiger partial charge in [0.15, 0.2) is 0 Å². The van der Waals surface area contributed by atoms with E-state index in [2.05, 4.69) is 5.10 Å². The van der Waals surface area contributed by atoms with Crippen LogP contribution in [0, 0.1) is 10.1 Å². The number of nitro groups is 1. The van der Waals surface area contributed by atoms with Crippen LogP contribution in [-0.4, -0.2) is 25.8 Å². The van der Waals surface area contributed by atoms with Gasteiger partial charge in [-0.1, -0.05) is 0 Å². The van der Waals surface area contributed by atoms with Crippen molar-refractivity contribution in [3.8, 4) is 5.69 Å². The zero-order valence-electron chi connectivity index (χ0n) is 8.86. The lowest BCUT2D eigenvalue weighted by Crippen LogP contribution is -2.11. The SMILES string of the molecule is O=C(O)c1cn(-c2ccc([N+](=O)[O-])cc2)[nH]c1=O. The number of aromatic carboxylic acids is 1. The third kappa shape index (κ3) is 1.98. The number of aromatic nitrogens is 2. The molecule has 2 N–H and O–H groups in total. The average Bonchev–Trinajstić information content (AvgIpc) is 2.71. The summed E-state index contributed by atoms with van der Waals surface area (Å²) in [4.78, 5) is 31.9. The van der Waals surface area contributed by atoms with Crippen molar-refractivity contribution < 1.29 is 14.8 Å². The maximum atomic E-state index is 11.3. The minimum absolute atomic E-state index is 0.0910. The Labute approximate surface area is 99.2 Å². The second-order valence-corrected chi connectivity index (χ2v) is 3.43. The summed E-state index contributed by atoms with van der Waals surface area (Å²) in [7, 11) is 0. The van der Waals surface area contributed by atoms with Crippen molar-refractivity contribution in [2.45, 2.75) is 0 Å². The lowest BCUT2D eigenvalue weighted by Gasteiger charge is -2.00. The number of benzene rings is 1. The highest BCUT2D eigenvalue weighted by molar-refractivity contribution is 5.86. The fraction of sp³-hybridized carbons (Fsp3) is 0. The van der Waals surface area contributed by atoms with Crippen molar-refractivity contribution in [2.24, 2.45) is 0 Å². The molecule has 0 aliphatic carbocycles. The fourth-order valence-corrected chi connectivity index (χ4v) is 1.42. The van der Waals surface area contributed by atoms with E-state index in [0.29, 0.717) is 5.69 Å². The third-order valence-electron chi connectivity index (χ3n) is 2.29. The monoisotopic (exact) mass is 249 g/mol. The number of rotatable bonds is 3. The van der Waals surface area contributed by atoms with E-state index in [1.54, 1.807) is 0 Å². The van der Waals surface area contributed by atoms with Crippen LogP contribution in [-0.2, 0) is 0 Å². The molecule has 8 heteroatoms. The van der Waals surface area contributed by atoms with Crippen molar-refractivity contribution in [1.82, 2.24) is 9.78 Å². The third-order valence-corrected chi connectivity index (χ3v) is 2.29. The second-order valence-electron chi connectivity index (χ2n) is 3.43. The van der Waals surface area contributed by atoms with Gasteiger partial charge < -0.3 is 5.11 Å². The predicted molar refractivity (Wildman–Crippen MR) is 60.0 cm³/mol. The normalized spacial score (nSPS) is 10.2. The highest BCUT2D eigenvalue weighted by Crippen LogP contribution is 2.14. The molecule has 0 saturated carbocycles. The summed E-state index contributed by atoms with van der Waals surface area (Å²) in [6, 6.07) is 5.32. The van der Waals surface area contributed by atoms with Crippen LogP contribution in [0.1, 0.15) is 10.4 Å². The van der Waals surface area contributed by atoms with Crippen LogP contribution in [0.5, 0.6) is 0 Å². The molecule has 0 saturated heterocycles. The van der Waals surface area contributed by atoms with Gasteiger partial charge in [-0.25, -0.2) is 4.79 Å². The molecule has 0 aliphatic rings. The highest BCUT2D eigenvalue weighted by Gasteiger charge is 2.12. The van der Waals surface area contributed by atoms with Crippen molar-refractivity contribution in [1.29, 1.82) is 0 Å². The maximum absolute atomic E-state index is 11.3. The van der Waals surface area contributed by atoms with E-state index in [0.717, 1.165) is 6.20 Å². The predicted octanol–water partition coefficient (Wildman–Crippen LogP) is 0.772. The Bertz CT molecular complexity index is 668. The van der Waals surface area contributed by atoms with Gasteiger partial charge in [-0.2, -0.15) is 0 Å². The van der Waals surface area contributed by atoms with Gasteiger partial charge in [0.25, 0.3) is 11.2 Å². The summed E-state index contributed by atoms with van der Waals surface area (Å²) in [6.45, 7) is 0. The molecule has 0 atom stereocenters. The molecular weight excluding hydrogens is 242 g/mol. The number of non-ortho nitro benzene ring substituents is 1. The molecule has 0 aliphatic heterocycles. The first kappa shape index (κ1) is 11.6. The molecule has 2 rings (SSSR count). The van der Waals surface area contributed by atoms with E-state index in [9.17, 15) is 19.7 Å². The van der Waals surface area contributed by atoms with Crippen molar-refractivity contribution >= 4 is 11.7 Å². The van der Waals surface area contributed by atoms with E-state index < -0.39 is 22.0 Å². The van der Waals surface area contributed by atoms with Crippen molar-refractivity contribution in [3.63, 3.8) is 0 Å². The fourth-order valence-electron chi connectivity index (χ4n) is 1.42. The number of hydrogen-bond donors (Lipinski definition) is 2. The van der Waals surface area contributed by atoms with Crippen LogP contribution in [0.2, 0.25) is 0 Å². The average molecular weight is 249 g/mol. The van der Waals surface area contributed by atoms with Crippen molar-refractivity contribution in [3.05, 3.63) is 56.5 Å². The van der Waals surface area contributed by atoms with Gasteiger partial charge in [-0.3, -0.25) is 24.7 Å². The van der Waals surface area contributed by atoms with Gasteiger partial charge >= 0.3 is 5.97 Å². The van der Waals surface area contributed by atoms with Gasteiger partial charge in [-0.15, -0.1) is 0 Å². The van der Waals surface area contributed by atoms with E-state index in [-0.39, 0.29) is 5.69 Å². The quantitative estimate of drug-likeness (QED) is 0.615. The van der Waals surface area contributed by atoms with Crippen LogP contribution in [0.15, 0.2) is 35.3 Å². The topological polar surface area (TPSA) is 118 Å². The molecule has 18 heavy (non-hydrogen) atoms. The number of nitro benzene ring substituents is 1. The Balaban J connectivity index is 2.43. The molecular formula is C10H7N3O5. The Hall–Kier alpha value is -2.90. The number of H-pyrrole nitrogens is 1. The number of carboxylic acid groups (broad SMARTS) is 1. The molecule has 0 spiro atoms. The van der Waals surface area contributed by atoms with Gasteiger partial charge in [-0.05, 0) is 12.1 Å². The summed E-state index contributed by atoms with van der Waals surface area (Å²) in [6.07, 6.45) is 1.12. The summed E-state index contributed by atoms with van der Waals surface area (Å²) in [5, 5.41) is 21.5. The minimum Gasteiger partial charge on any atom is -0.477 e. The second kappa shape index (κ2) is 4.17. The summed E-state index contributed by atoms with van der Waals surface area (Å²) in [5.41, 5.74) is -0.800. The minimum atomic E-state index is -1.34. The molecule has 1 aromatic heterocycles. The summed E-state index contributed by atoms with van der Waals surface area (Å²) >= 11 is 0. The Morgan fingerprint density at radius 2 is 1.94 bits per heavy atom. The number of hydrogen-bond acceptors (Lipinski definition) is 4. The van der Waals surface area contributed by atoms with Crippen LogP contribution in [0.3, 0.4) is 0 Å². The summed E-state index contributed by atoms with van der Waals surface area (Å²) in [5.74, 6) is -1.34. The molecule has 8 nitrogen and oxygen atoms in total. The van der Waals surface area contributed by atoms with Gasteiger partial charge in [0.1, 0.15) is 5.56 Å². The number of nitrogens with zero attached hydrogens (tertiary/aromatic N) is 2. The first-order valence-corrected chi connectivity index (χ1v) is 4.79. The van der Waals surface area contributed by atoms with Crippen molar-refractivity contribution in [2.75, 3.05) is 0 Å². The Morgan fingerprint density at radius 1 is 1.33 bits per heavy atom. The number of carboxylic acids is 1. The smallest absolute Gasteiger partial charge is 0.342 e. The van der Waals surface area contributed by atoms with Crippen LogP contribution in [0.4, 0.5) is 5.69 Å². The van der Waals surface area contributed by atoms with Crippen LogP contribution in [0.25, 0.3) is 5.69 Å². The molecule has 2 aromatic rings. The molecule has 0 bridgehead atoms. The van der Waals surface area contributed by atoms with E-state index in [1.165, 1.54) is 28.9 Å². The zero-order valence-corrected chi connectivity index (χ0v) is 8.86. The first-order chi connectivity index (χ1) is 8.49.